The molecule has 160 valence electrons. The highest BCUT2D eigenvalue weighted by molar-refractivity contribution is 5.84. The van der Waals surface area contributed by atoms with Crippen molar-refractivity contribution in [2.24, 2.45) is 5.92 Å². The van der Waals surface area contributed by atoms with Gasteiger partial charge in [-0.15, -0.1) is 0 Å². The molecule has 1 aromatic heterocycles. The van der Waals surface area contributed by atoms with Gasteiger partial charge < -0.3 is 10.2 Å². The second-order valence-electron chi connectivity index (χ2n) is 8.62. The zero-order valence-electron chi connectivity index (χ0n) is 17.6. The molecule has 6 heteroatoms. The molecule has 1 N–H and O–H groups in total. The molecule has 2 aromatic rings. The maximum Gasteiger partial charge on any atom is 0.225 e. The molecule has 0 bridgehead atoms. The average Bonchev–Trinajstić information content (AvgIpc) is 3.13. The fourth-order valence-corrected chi connectivity index (χ4v) is 4.79. The SMILES string of the molecule is O=C(NCc1ccccc1Cn1cccn1)C1CCC(=O)N(C2CCCCCC2)C1. The summed E-state index contributed by atoms with van der Waals surface area (Å²) in [6, 6.07) is 10.4. The van der Waals surface area contributed by atoms with Crippen molar-refractivity contribution in [3.05, 3.63) is 53.9 Å². The van der Waals surface area contributed by atoms with Gasteiger partial charge in [0.25, 0.3) is 0 Å². The molecule has 6 nitrogen and oxygen atoms in total. The minimum Gasteiger partial charge on any atom is -0.352 e. The first-order chi connectivity index (χ1) is 14.7. The summed E-state index contributed by atoms with van der Waals surface area (Å²) in [5, 5.41) is 7.41. The molecule has 1 aromatic carbocycles. The summed E-state index contributed by atoms with van der Waals surface area (Å²) in [6.07, 6.45) is 11.9. The molecular weight excluding hydrogens is 376 g/mol. The standard InChI is InChI=1S/C24H32N4O2/c29-23-13-12-21(18-28(23)22-10-3-1-2-4-11-22)24(30)25-16-19-8-5-6-9-20(19)17-27-15-7-14-26-27/h5-9,14-15,21-22H,1-4,10-13,16-18H2,(H,25,30). The second-order valence-corrected chi connectivity index (χ2v) is 8.62. The summed E-state index contributed by atoms with van der Waals surface area (Å²) in [5.74, 6) is 0.190. The van der Waals surface area contributed by atoms with Crippen molar-refractivity contribution >= 4 is 11.8 Å². The molecule has 1 saturated heterocycles. The van der Waals surface area contributed by atoms with Crippen LogP contribution in [0.1, 0.15) is 62.5 Å². The minimum atomic E-state index is -0.107. The van der Waals surface area contributed by atoms with Crippen LogP contribution in [-0.4, -0.2) is 39.1 Å². The molecule has 1 aliphatic heterocycles. The molecular formula is C24H32N4O2. The Morgan fingerprint density at radius 3 is 2.53 bits per heavy atom. The van der Waals surface area contributed by atoms with Crippen molar-refractivity contribution in [3.8, 4) is 0 Å². The van der Waals surface area contributed by atoms with Crippen molar-refractivity contribution in [1.29, 1.82) is 0 Å². The van der Waals surface area contributed by atoms with Crippen LogP contribution in [0.3, 0.4) is 0 Å². The van der Waals surface area contributed by atoms with E-state index in [4.69, 9.17) is 0 Å². The van der Waals surface area contributed by atoms with Crippen LogP contribution in [-0.2, 0) is 22.7 Å². The molecule has 1 saturated carbocycles. The van der Waals surface area contributed by atoms with E-state index in [1.54, 1.807) is 6.20 Å². The van der Waals surface area contributed by atoms with Crippen molar-refractivity contribution in [2.45, 2.75) is 70.5 Å². The Morgan fingerprint density at radius 2 is 1.80 bits per heavy atom. The molecule has 2 amide bonds. The number of piperidine rings is 1. The first kappa shape index (κ1) is 20.6. The summed E-state index contributed by atoms with van der Waals surface area (Å²) in [6.45, 7) is 1.76. The molecule has 1 atom stereocenters. The number of carbonyl (C=O) groups excluding carboxylic acids is 2. The summed E-state index contributed by atoms with van der Waals surface area (Å²) < 4.78 is 1.89. The second kappa shape index (κ2) is 9.92. The van der Waals surface area contributed by atoms with E-state index >= 15 is 0 Å². The van der Waals surface area contributed by atoms with Gasteiger partial charge in [-0.05, 0) is 36.5 Å². The van der Waals surface area contributed by atoms with Crippen LogP contribution in [0.25, 0.3) is 0 Å². The third kappa shape index (κ3) is 5.10. The van der Waals surface area contributed by atoms with Crippen LogP contribution in [0.5, 0.6) is 0 Å². The smallest absolute Gasteiger partial charge is 0.225 e. The molecule has 2 fully saturated rings. The highest BCUT2D eigenvalue weighted by Crippen LogP contribution is 2.27. The van der Waals surface area contributed by atoms with Crippen LogP contribution < -0.4 is 5.32 Å². The van der Waals surface area contributed by atoms with Crippen molar-refractivity contribution in [2.75, 3.05) is 6.54 Å². The lowest BCUT2D eigenvalue weighted by molar-refractivity contribution is -0.141. The molecule has 1 aliphatic carbocycles. The fourth-order valence-electron chi connectivity index (χ4n) is 4.79. The Labute approximate surface area is 178 Å². The number of nitrogens with zero attached hydrogens (tertiary/aromatic N) is 3. The number of hydrogen-bond donors (Lipinski definition) is 1. The van der Waals surface area contributed by atoms with E-state index in [1.165, 1.54) is 25.7 Å². The van der Waals surface area contributed by atoms with Crippen LogP contribution >= 0.6 is 0 Å². The Balaban J connectivity index is 1.35. The largest absolute Gasteiger partial charge is 0.352 e. The van der Waals surface area contributed by atoms with Crippen LogP contribution in [0, 0.1) is 5.92 Å². The molecule has 2 heterocycles. The maximum atomic E-state index is 12.9. The Bertz CT molecular complexity index is 841. The number of carbonyl (C=O) groups is 2. The Hall–Kier alpha value is -2.63. The number of hydrogen-bond acceptors (Lipinski definition) is 3. The topological polar surface area (TPSA) is 67.2 Å². The highest BCUT2D eigenvalue weighted by atomic mass is 16.2. The molecule has 0 spiro atoms. The number of benzene rings is 1. The van der Waals surface area contributed by atoms with Gasteiger partial charge in [0.2, 0.25) is 11.8 Å². The fraction of sp³-hybridized carbons (Fsp3) is 0.542. The average molecular weight is 409 g/mol. The molecule has 2 aliphatic rings. The predicted octanol–water partition coefficient (Wildman–Crippen LogP) is 3.51. The molecule has 0 radical (unpaired) electrons. The van der Waals surface area contributed by atoms with E-state index in [-0.39, 0.29) is 17.7 Å². The molecule has 1 unspecified atom stereocenters. The Morgan fingerprint density at radius 1 is 1.03 bits per heavy atom. The lowest BCUT2D eigenvalue weighted by atomic mass is 9.93. The normalized spacial score (nSPS) is 20.7. The van der Waals surface area contributed by atoms with Gasteiger partial charge in [-0.25, -0.2) is 0 Å². The first-order valence-electron chi connectivity index (χ1n) is 11.3. The number of likely N-dealkylation sites (tertiary alicyclic amines) is 1. The van der Waals surface area contributed by atoms with Gasteiger partial charge in [0.05, 0.1) is 12.5 Å². The van der Waals surface area contributed by atoms with E-state index in [2.05, 4.69) is 22.5 Å². The van der Waals surface area contributed by atoms with Crippen molar-refractivity contribution < 1.29 is 9.59 Å². The summed E-state index contributed by atoms with van der Waals surface area (Å²) >= 11 is 0. The minimum absolute atomic E-state index is 0.0648. The quantitative estimate of drug-likeness (QED) is 0.744. The monoisotopic (exact) mass is 408 g/mol. The van der Waals surface area contributed by atoms with E-state index in [0.717, 1.165) is 24.0 Å². The Kier molecular flexibility index (Phi) is 6.82. The lowest BCUT2D eigenvalue weighted by Crippen LogP contribution is -2.49. The zero-order chi connectivity index (χ0) is 20.8. The van der Waals surface area contributed by atoms with E-state index in [9.17, 15) is 9.59 Å². The van der Waals surface area contributed by atoms with Gasteiger partial charge >= 0.3 is 0 Å². The van der Waals surface area contributed by atoms with E-state index in [1.807, 2.05) is 34.0 Å². The van der Waals surface area contributed by atoms with E-state index in [0.29, 0.717) is 38.5 Å². The van der Waals surface area contributed by atoms with Crippen LogP contribution in [0.15, 0.2) is 42.7 Å². The van der Waals surface area contributed by atoms with Crippen LogP contribution in [0.4, 0.5) is 0 Å². The third-order valence-corrected chi connectivity index (χ3v) is 6.54. The summed E-state index contributed by atoms with van der Waals surface area (Å²) in [7, 11) is 0. The summed E-state index contributed by atoms with van der Waals surface area (Å²) in [5.41, 5.74) is 2.26. The van der Waals surface area contributed by atoms with Crippen molar-refractivity contribution in [1.82, 2.24) is 20.0 Å². The maximum absolute atomic E-state index is 12.9. The zero-order valence-corrected chi connectivity index (χ0v) is 17.6. The third-order valence-electron chi connectivity index (χ3n) is 6.54. The predicted molar refractivity (Wildman–Crippen MR) is 116 cm³/mol. The van der Waals surface area contributed by atoms with Gasteiger partial charge in [-0.2, -0.15) is 5.10 Å². The van der Waals surface area contributed by atoms with E-state index < -0.39 is 0 Å². The van der Waals surface area contributed by atoms with Gasteiger partial charge in [-0.1, -0.05) is 49.9 Å². The number of amides is 2. The number of nitrogens with one attached hydrogen (secondary N) is 1. The van der Waals surface area contributed by atoms with Gasteiger partial charge in [0, 0.05) is 37.9 Å². The lowest BCUT2D eigenvalue weighted by Gasteiger charge is -2.37. The van der Waals surface area contributed by atoms with Gasteiger partial charge in [0.1, 0.15) is 0 Å². The van der Waals surface area contributed by atoms with Gasteiger partial charge in [0.15, 0.2) is 0 Å². The highest BCUT2D eigenvalue weighted by Gasteiger charge is 2.34. The van der Waals surface area contributed by atoms with Crippen molar-refractivity contribution in [3.63, 3.8) is 0 Å². The number of aromatic nitrogens is 2. The molecule has 30 heavy (non-hydrogen) atoms. The number of rotatable bonds is 6. The first-order valence-corrected chi connectivity index (χ1v) is 11.3. The van der Waals surface area contributed by atoms with Gasteiger partial charge in [-0.3, -0.25) is 14.3 Å². The van der Waals surface area contributed by atoms with Crippen LogP contribution in [0.2, 0.25) is 0 Å². The molecule has 4 rings (SSSR count). The summed E-state index contributed by atoms with van der Waals surface area (Å²) in [4.78, 5) is 27.5.